The average molecular weight is 1330 g/mol. The molecule has 12 aromatic rings. The normalized spacial score (nSPS) is 11.8. The van der Waals surface area contributed by atoms with Crippen LogP contribution in [0.1, 0.15) is 54.7 Å². The highest BCUT2D eigenvalue weighted by Gasteiger charge is 2.33. The maximum Gasteiger partial charge on any atom is 0.416 e. The molecule has 0 aliphatic carbocycles. The summed E-state index contributed by atoms with van der Waals surface area (Å²) in [6.07, 6.45) is -13.5. The largest absolute Gasteiger partial charge is 0.480 e. The number of aromatic carboxylic acids is 1. The molecule has 95 heavy (non-hydrogen) atoms. The number of nitrogens with one attached hydrogen (secondary N) is 5. The van der Waals surface area contributed by atoms with Crippen LogP contribution in [0.25, 0.3) is 66.4 Å². The number of carboxylic acid groups (broad SMARTS) is 2. The number of ether oxygens (including phenoxy) is 2. The number of hydrogen-bond acceptors (Lipinski definition) is 19. The zero-order valence-electron chi connectivity index (χ0n) is 49.5. The maximum absolute atomic E-state index is 12.9. The highest BCUT2D eigenvalue weighted by Crippen LogP contribution is 2.36. The van der Waals surface area contributed by atoms with Crippen molar-refractivity contribution < 1.29 is 96.4 Å². The summed E-state index contributed by atoms with van der Waals surface area (Å²) < 4.78 is 147. The average Bonchev–Trinajstić information content (AvgIpc) is 1.66. The van der Waals surface area contributed by atoms with E-state index in [0.717, 1.165) is 36.4 Å². The smallest absolute Gasteiger partial charge is 0.416 e. The topological polar surface area (TPSA) is 336 Å². The third-order valence-electron chi connectivity index (χ3n) is 13.8. The fourth-order valence-electron chi connectivity index (χ4n) is 9.15. The summed E-state index contributed by atoms with van der Waals surface area (Å²) in [7, 11) is 5.14. The molecule has 0 spiro atoms. The molecule has 6 heterocycles. The summed E-state index contributed by atoms with van der Waals surface area (Å²) in [6.45, 7) is 1.59. The van der Waals surface area contributed by atoms with Gasteiger partial charge in [0.25, 0.3) is 11.8 Å². The van der Waals surface area contributed by atoms with Crippen LogP contribution in [-0.4, -0.2) is 123 Å². The molecule has 6 aromatic heterocycles. The van der Waals surface area contributed by atoms with E-state index in [1.807, 2.05) is 0 Å². The number of carbonyl (C=O) groups excluding carboxylic acids is 3. The number of hydrogen-bond donors (Lipinski definition) is 7. The zero-order chi connectivity index (χ0) is 68.3. The van der Waals surface area contributed by atoms with Crippen molar-refractivity contribution in [2.24, 2.45) is 21.1 Å². The number of Topliss-reactive ketones (excluding diaryl/α,β-unsaturated/α-hetero) is 1. The first-order valence-electron chi connectivity index (χ1n) is 27.8. The van der Waals surface area contributed by atoms with Gasteiger partial charge in [-0.25, -0.2) is 24.5 Å². The number of halogens is 9. The SMILES string of the molecule is CC(=O)COCCNC(=O)c1ccc2c(c1)nc(Nc1nc3ccc(C(F)(F)F)cc3o1)n2C.Cn1c(Nc2nc3ccc(C(F)(F)F)cc3o2)nc2cc(C(=O)NCCOCC(=O)O)ccc21.Cn1c(Nc2nc3ccc(C(F)(F)F)cc3o2)nc2cc(C(=O)O)ccc21. The van der Waals surface area contributed by atoms with E-state index in [4.69, 9.17) is 32.9 Å². The maximum atomic E-state index is 12.9. The summed E-state index contributed by atoms with van der Waals surface area (Å²) in [4.78, 5) is 82.5. The number of nitrogens with zero attached hydrogens (tertiary/aromatic N) is 9. The lowest BCUT2D eigenvalue weighted by atomic mass is 10.2. The number of alkyl halides is 9. The van der Waals surface area contributed by atoms with Gasteiger partial charge in [0.2, 0.25) is 17.8 Å². The van der Waals surface area contributed by atoms with Crippen molar-refractivity contribution in [2.45, 2.75) is 25.5 Å². The van der Waals surface area contributed by atoms with Gasteiger partial charge >= 0.3 is 48.5 Å². The van der Waals surface area contributed by atoms with Crippen LogP contribution in [0.5, 0.6) is 0 Å². The second kappa shape index (κ2) is 26.9. The van der Waals surface area contributed by atoms with Crippen molar-refractivity contribution in [1.82, 2.24) is 54.2 Å². The van der Waals surface area contributed by atoms with E-state index in [1.54, 1.807) is 77.3 Å². The van der Waals surface area contributed by atoms with Gasteiger partial charge in [0.15, 0.2) is 22.5 Å². The standard InChI is InChI=1S/C22H20F3N5O4.C21H18F3N5O5.C17H11F3N4O3/c1-12(31)11-33-8-7-26-19(32)13-3-6-17-16(9-13)27-20(30(17)2)29-21-28-15-5-4-14(22(23,24)25)10-18(15)34-21;1-29-15-5-2-11(18(32)25-6-7-33-10-17(30)31)8-14(15)26-19(29)28-20-27-13-4-3-12(21(22,23)24)9-16(13)34-20;1-24-12-5-2-8(14(25)26)6-11(12)21-15(24)23-16-22-10-4-3-9(17(18,19)20)7-13(10)27-16/h3-6,9-10H,7-8,11H2,1-2H3,(H,26,32)(H,27,28,29);2-5,8-9H,6-7,10H2,1H3,(H,25,32)(H,30,31)(H,26,27,28);2-7H,1H3,(H,25,26)(H,21,22,23). The Bertz CT molecular complexity index is 4700. The Morgan fingerprint density at radius 3 is 1.08 bits per heavy atom. The Hall–Kier alpha value is -11.6. The first-order valence-corrected chi connectivity index (χ1v) is 27.8. The molecule has 2 amide bonds. The lowest BCUT2D eigenvalue weighted by molar-refractivity contribution is -0.142. The Labute approximate surface area is 525 Å². The molecular formula is C60H49F9N14O12. The van der Waals surface area contributed by atoms with E-state index in [9.17, 15) is 63.5 Å². The van der Waals surface area contributed by atoms with Gasteiger partial charge in [-0.05, 0) is 116 Å². The van der Waals surface area contributed by atoms with Crippen LogP contribution in [0, 0.1) is 0 Å². The monoisotopic (exact) mass is 1330 g/mol. The van der Waals surface area contributed by atoms with E-state index in [2.05, 4.69) is 56.5 Å². The van der Waals surface area contributed by atoms with Crippen molar-refractivity contribution in [3.63, 3.8) is 0 Å². The third kappa shape index (κ3) is 15.7. The van der Waals surface area contributed by atoms with E-state index in [-0.39, 0.29) is 107 Å². The van der Waals surface area contributed by atoms with Crippen molar-refractivity contribution in [1.29, 1.82) is 0 Å². The van der Waals surface area contributed by atoms with Gasteiger partial charge in [0, 0.05) is 45.4 Å². The van der Waals surface area contributed by atoms with Crippen molar-refractivity contribution in [3.05, 3.63) is 143 Å². The molecule has 26 nitrogen and oxygen atoms in total. The molecular weight excluding hydrogens is 1280 g/mol. The second-order valence-corrected chi connectivity index (χ2v) is 20.6. The first kappa shape index (κ1) is 66.3. The number of oxazole rings is 3. The Morgan fingerprint density at radius 1 is 0.442 bits per heavy atom. The quantitative estimate of drug-likeness (QED) is 0.0292. The molecule has 0 saturated heterocycles. The molecule has 494 valence electrons. The number of rotatable bonds is 19. The Balaban J connectivity index is 0.000000156. The Morgan fingerprint density at radius 2 is 0.768 bits per heavy atom. The highest BCUT2D eigenvalue weighted by atomic mass is 19.4. The molecule has 0 aliphatic rings. The van der Waals surface area contributed by atoms with Crippen molar-refractivity contribution >= 4 is 132 Å². The minimum absolute atomic E-state index is 0.00484. The minimum Gasteiger partial charge on any atom is -0.480 e. The van der Waals surface area contributed by atoms with E-state index in [0.29, 0.717) is 62.1 Å². The molecule has 35 heteroatoms. The van der Waals surface area contributed by atoms with E-state index in [1.165, 1.54) is 37.3 Å². The molecule has 0 fully saturated rings. The summed E-state index contributed by atoms with van der Waals surface area (Å²) in [5.41, 5.74) is 2.51. The van der Waals surface area contributed by atoms with Gasteiger partial charge in [-0.2, -0.15) is 54.5 Å². The van der Waals surface area contributed by atoms with Gasteiger partial charge in [0.1, 0.15) is 29.8 Å². The third-order valence-corrected chi connectivity index (χ3v) is 13.8. The molecule has 0 aliphatic heterocycles. The fourth-order valence-corrected chi connectivity index (χ4v) is 9.15. The number of ketones is 1. The van der Waals surface area contributed by atoms with Crippen LogP contribution in [0.3, 0.4) is 0 Å². The number of imidazole rings is 3. The summed E-state index contributed by atoms with van der Waals surface area (Å²) in [6, 6.07) is 23.3. The summed E-state index contributed by atoms with van der Waals surface area (Å²) >= 11 is 0. The number of aryl methyl sites for hydroxylation is 3. The van der Waals surface area contributed by atoms with Crippen LogP contribution in [0.4, 0.5) is 75.4 Å². The minimum atomic E-state index is -4.50. The number of amides is 2. The number of aromatic nitrogens is 9. The number of fused-ring (bicyclic) bond motifs is 6. The molecule has 12 rings (SSSR count). The van der Waals surface area contributed by atoms with Crippen LogP contribution in [-0.2, 0) is 58.7 Å². The molecule has 6 aromatic carbocycles. The van der Waals surface area contributed by atoms with Crippen molar-refractivity contribution in [3.8, 4) is 0 Å². The number of benzene rings is 6. The van der Waals surface area contributed by atoms with Crippen LogP contribution < -0.4 is 26.6 Å². The van der Waals surface area contributed by atoms with E-state index >= 15 is 0 Å². The van der Waals surface area contributed by atoms with Crippen LogP contribution in [0.15, 0.2) is 122 Å². The van der Waals surface area contributed by atoms with Gasteiger partial charge in [-0.15, -0.1) is 0 Å². The van der Waals surface area contributed by atoms with Gasteiger partial charge < -0.3 is 57.3 Å². The number of carbonyl (C=O) groups is 5. The molecule has 0 unspecified atom stereocenters. The number of anilines is 6. The first-order chi connectivity index (χ1) is 44.9. The van der Waals surface area contributed by atoms with Crippen LogP contribution >= 0.6 is 0 Å². The molecule has 7 N–H and O–H groups in total. The molecule has 0 bridgehead atoms. The number of carboxylic acids is 2. The fraction of sp³-hybridized carbons (Fsp3) is 0.217. The predicted molar refractivity (Wildman–Crippen MR) is 321 cm³/mol. The lowest BCUT2D eigenvalue weighted by Crippen LogP contribution is -2.27. The lowest BCUT2D eigenvalue weighted by Gasteiger charge is -2.06. The predicted octanol–water partition coefficient (Wildman–Crippen LogP) is 11.3. The summed E-state index contributed by atoms with van der Waals surface area (Å²) in [5, 5.41) is 31.4. The van der Waals surface area contributed by atoms with E-state index < -0.39 is 53.8 Å². The zero-order valence-corrected chi connectivity index (χ0v) is 49.5. The Kier molecular flexibility index (Phi) is 18.8. The van der Waals surface area contributed by atoms with Gasteiger partial charge in [-0.1, -0.05) is 0 Å². The number of aliphatic carboxylic acids is 1. The molecule has 0 saturated carbocycles. The molecule has 0 radical (unpaired) electrons. The van der Waals surface area contributed by atoms with Crippen molar-refractivity contribution in [2.75, 3.05) is 55.5 Å². The van der Waals surface area contributed by atoms with Gasteiger partial charge in [0.05, 0.1) is 68.6 Å². The second-order valence-electron chi connectivity index (χ2n) is 20.6. The highest BCUT2D eigenvalue weighted by molar-refractivity contribution is 5.99. The van der Waals surface area contributed by atoms with Gasteiger partial charge in [-0.3, -0.25) is 30.3 Å². The summed E-state index contributed by atoms with van der Waals surface area (Å²) in [5.74, 6) is -2.05. The van der Waals surface area contributed by atoms with Crippen LogP contribution in [0.2, 0.25) is 0 Å². The molecule has 0 atom stereocenters.